The van der Waals surface area contributed by atoms with Gasteiger partial charge in [0.05, 0.1) is 5.70 Å². The maximum atomic E-state index is 5.05. The topological polar surface area (TPSA) is 38.4 Å². The third-order valence-corrected chi connectivity index (χ3v) is 0.714. The number of rotatable bonds is 3. The van der Waals surface area contributed by atoms with Crippen LogP contribution in [0, 0.1) is 0 Å². The van der Waals surface area contributed by atoms with Crippen molar-refractivity contribution in [3.8, 4) is 0 Å². The summed E-state index contributed by atoms with van der Waals surface area (Å²) in [5.41, 5.74) is 5.68. The Hall–Kier alpha value is -1.31. The molecule has 0 radical (unpaired) electrons. The Morgan fingerprint density at radius 1 is 1.44 bits per heavy atom. The van der Waals surface area contributed by atoms with E-state index in [0.717, 1.165) is 0 Å². The number of hydrogen-bond acceptors (Lipinski definition) is 2. The van der Waals surface area contributed by atoms with Crippen molar-refractivity contribution in [2.75, 3.05) is 0 Å². The van der Waals surface area contributed by atoms with Crippen LogP contribution in [0.3, 0.4) is 0 Å². The lowest BCUT2D eigenvalue weighted by molar-refractivity contribution is 1.46. The van der Waals surface area contributed by atoms with Gasteiger partial charge in [-0.25, -0.2) is 0 Å². The second-order valence-corrected chi connectivity index (χ2v) is 1.39. The van der Waals surface area contributed by atoms with Crippen LogP contribution in [0.1, 0.15) is 0 Å². The highest BCUT2D eigenvalue weighted by Crippen LogP contribution is 1.91. The summed E-state index contributed by atoms with van der Waals surface area (Å²) >= 11 is 0. The summed E-state index contributed by atoms with van der Waals surface area (Å²) in [7, 11) is 0. The van der Waals surface area contributed by atoms with Gasteiger partial charge in [0.15, 0.2) is 0 Å². The molecule has 2 N–H and O–H groups in total. The molecular formula is C7H10N2. The van der Waals surface area contributed by atoms with Crippen LogP contribution in [0.5, 0.6) is 0 Å². The average molecular weight is 122 g/mol. The summed E-state index contributed by atoms with van der Waals surface area (Å²) in [5, 5.41) is 0. The van der Waals surface area contributed by atoms with E-state index in [1.807, 2.05) is 0 Å². The van der Waals surface area contributed by atoms with Gasteiger partial charge in [0.2, 0.25) is 0 Å². The lowest BCUT2D eigenvalue weighted by Gasteiger charge is -1.81. The Bertz CT molecular complexity index is 154. The Morgan fingerprint density at radius 2 is 2.11 bits per heavy atom. The summed E-state index contributed by atoms with van der Waals surface area (Å²) in [6.07, 6.45) is 6.59. The van der Waals surface area contributed by atoms with E-state index < -0.39 is 0 Å². The minimum Gasteiger partial charge on any atom is -0.405 e. The fourth-order valence-corrected chi connectivity index (χ4v) is 0.283. The molecule has 0 saturated heterocycles. The van der Waals surface area contributed by atoms with Gasteiger partial charge >= 0.3 is 0 Å². The van der Waals surface area contributed by atoms with Gasteiger partial charge in [-0.1, -0.05) is 12.7 Å². The van der Waals surface area contributed by atoms with Gasteiger partial charge in [-0.3, -0.25) is 4.99 Å². The fraction of sp³-hybridized carbons (Fsp3) is 0. The highest BCUT2D eigenvalue weighted by atomic mass is 14.7. The predicted molar refractivity (Wildman–Crippen MR) is 41.2 cm³/mol. The maximum Gasteiger partial charge on any atom is 0.0550 e. The van der Waals surface area contributed by atoms with E-state index in [1.165, 1.54) is 6.20 Å². The van der Waals surface area contributed by atoms with E-state index in [0.29, 0.717) is 5.70 Å². The van der Waals surface area contributed by atoms with Gasteiger partial charge in [0, 0.05) is 0 Å². The average Bonchev–Trinajstić information content (AvgIpc) is 1.89. The van der Waals surface area contributed by atoms with Gasteiger partial charge in [-0.2, -0.15) is 0 Å². The molecule has 0 rings (SSSR count). The molecule has 0 saturated carbocycles. The van der Waals surface area contributed by atoms with Crippen molar-refractivity contribution < 1.29 is 0 Å². The highest BCUT2D eigenvalue weighted by molar-refractivity contribution is 5.32. The van der Waals surface area contributed by atoms with Crippen LogP contribution in [0.4, 0.5) is 0 Å². The standard InChI is InChI=1S/C7H10N2/c1-7(9-2)5-3-4-6-8/h3-6H,1-2,8H2/b5-3-,6-4-. The first-order valence-electron chi connectivity index (χ1n) is 2.52. The van der Waals surface area contributed by atoms with Crippen LogP contribution >= 0.6 is 0 Å². The molecule has 9 heavy (non-hydrogen) atoms. The first-order chi connectivity index (χ1) is 4.31. The van der Waals surface area contributed by atoms with Gasteiger partial charge in [0.1, 0.15) is 0 Å². The first kappa shape index (κ1) is 7.69. The van der Waals surface area contributed by atoms with E-state index >= 15 is 0 Å². The van der Waals surface area contributed by atoms with Crippen molar-refractivity contribution in [1.29, 1.82) is 0 Å². The highest BCUT2D eigenvalue weighted by Gasteiger charge is 1.72. The van der Waals surface area contributed by atoms with E-state index in [9.17, 15) is 0 Å². The van der Waals surface area contributed by atoms with E-state index in [2.05, 4.69) is 18.3 Å². The van der Waals surface area contributed by atoms with Crippen molar-refractivity contribution in [3.63, 3.8) is 0 Å². The Labute approximate surface area is 55.1 Å². The zero-order chi connectivity index (χ0) is 7.11. The monoisotopic (exact) mass is 122 g/mol. The molecule has 0 unspecified atom stereocenters. The molecule has 48 valence electrons. The van der Waals surface area contributed by atoms with Crippen molar-refractivity contribution in [2.45, 2.75) is 0 Å². The van der Waals surface area contributed by atoms with Gasteiger partial charge in [0.25, 0.3) is 0 Å². The summed E-state index contributed by atoms with van der Waals surface area (Å²) < 4.78 is 0. The Morgan fingerprint density at radius 3 is 2.56 bits per heavy atom. The summed E-state index contributed by atoms with van der Waals surface area (Å²) in [6.45, 7) is 6.84. The second kappa shape index (κ2) is 4.84. The number of hydrogen-bond donors (Lipinski definition) is 1. The Kier molecular flexibility index (Phi) is 4.14. The lowest BCUT2D eigenvalue weighted by Crippen LogP contribution is -1.72. The summed E-state index contributed by atoms with van der Waals surface area (Å²) in [4.78, 5) is 3.55. The SMILES string of the molecule is C=NC(=C)/C=C\C=C/N. The summed E-state index contributed by atoms with van der Waals surface area (Å²) in [5.74, 6) is 0. The third-order valence-electron chi connectivity index (χ3n) is 0.714. The fourth-order valence-electron chi connectivity index (χ4n) is 0.283. The van der Waals surface area contributed by atoms with E-state index in [4.69, 9.17) is 5.73 Å². The molecule has 0 aliphatic carbocycles. The van der Waals surface area contributed by atoms with Gasteiger partial charge in [-0.05, 0) is 25.1 Å². The van der Waals surface area contributed by atoms with Crippen molar-refractivity contribution in [1.82, 2.24) is 0 Å². The second-order valence-electron chi connectivity index (χ2n) is 1.39. The molecule has 0 spiro atoms. The number of aliphatic imine (C=N–C) groups is 1. The molecule has 0 fully saturated rings. The zero-order valence-electron chi connectivity index (χ0n) is 5.25. The molecule has 0 atom stereocenters. The van der Waals surface area contributed by atoms with Crippen molar-refractivity contribution >= 4 is 6.72 Å². The number of allylic oxidation sites excluding steroid dienone is 3. The largest absolute Gasteiger partial charge is 0.405 e. The predicted octanol–water partition coefficient (Wildman–Crippen LogP) is 1.23. The molecule has 2 heteroatoms. The molecule has 0 aromatic carbocycles. The Balaban J connectivity index is 3.70. The minimum atomic E-state index is 0.633. The lowest BCUT2D eigenvalue weighted by atomic mass is 10.4. The van der Waals surface area contributed by atoms with Crippen LogP contribution in [0.25, 0.3) is 0 Å². The molecule has 0 aliphatic heterocycles. The van der Waals surface area contributed by atoms with Crippen LogP contribution in [0.15, 0.2) is 41.7 Å². The molecule has 0 aromatic rings. The van der Waals surface area contributed by atoms with E-state index in [-0.39, 0.29) is 0 Å². The van der Waals surface area contributed by atoms with Gasteiger partial charge < -0.3 is 5.73 Å². The zero-order valence-corrected chi connectivity index (χ0v) is 5.25. The molecule has 2 nitrogen and oxygen atoms in total. The maximum absolute atomic E-state index is 5.05. The smallest absolute Gasteiger partial charge is 0.0550 e. The molecular weight excluding hydrogens is 112 g/mol. The minimum absolute atomic E-state index is 0.633. The molecule has 0 bridgehead atoms. The molecule has 0 aromatic heterocycles. The van der Waals surface area contributed by atoms with E-state index in [1.54, 1.807) is 18.2 Å². The molecule has 0 amide bonds. The van der Waals surface area contributed by atoms with Crippen LogP contribution in [-0.2, 0) is 0 Å². The normalized spacial score (nSPS) is 10.7. The van der Waals surface area contributed by atoms with Gasteiger partial charge in [-0.15, -0.1) is 0 Å². The molecule has 0 heterocycles. The van der Waals surface area contributed by atoms with Crippen molar-refractivity contribution in [2.24, 2.45) is 10.7 Å². The quantitative estimate of drug-likeness (QED) is 0.443. The number of nitrogens with zero attached hydrogens (tertiary/aromatic N) is 1. The third kappa shape index (κ3) is 4.55. The van der Waals surface area contributed by atoms with Crippen LogP contribution in [-0.4, -0.2) is 6.72 Å². The van der Waals surface area contributed by atoms with Crippen molar-refractivity contribution in [3.05, 3.63) is 36.7 Å². The molecule has 0 aliphatic rings. The first-order valence-corrected chi connectivity index (χ1v) is 2.52. The summed E-state index contributed by atoms with van der Waals surface area (Å²) in [6, 6.07) is 0. The van der Waals surface area contributed by atoms with Crippen LogP contribution in [0.2, 0.25) is 0 Å². The number of nitrogens with two attached hydrogens (primary N) is 1. The van der Waals surface area contributed by atoms with Crippen LogP contribution < -0.4 is 5.73 Å².